The Hall–Kier alpha value is -1.59. The Morgan fingerprint density at radius 2 is 2.00 bits per heavy atom. The fraction of sp³-hybridized carbons (Fsp3) is 0.429. The SMILES string of the molecule is CCCNCc1ccc(N2CC(=O)NC(=O)C2)cc1Cl. The van der Waals surface area contributed by atoms with E-state index >= 15 is 0 Å². The fourth-order valence-corrected chi connectivity index (χ4v) is 2.34. The highest BCUT2D eigenvalue weighted by atomic mass is 35.5. The van der Waals surface area contributed by atoms with Gasteiger partial charge < -0.3 is 10.2 Å². The molecule has 0 aromatic heterocycles. The molecule has 0 spiro atoms. The first-order valence-electron chi connectivity index (χ1n) is 6.67. The van der Waals surface area contributed by atoms with E-state index < -0.39 is 0 Å². The van der Waals surface area contributed by atoms with Crippen molar-refractivity contribution in [2.45, 2.75) is 19.9 Å². The summed E-state index contributed by atoms with van der Waals surface area (Å²) in [5.74, 6) is -0.572. The lowest BCUT2D eigenvalue weighted by atomic mass is 10.1. The minimum Gasteiger partial charge on any atom is -0.353 e. The maximum Gasteiger partial charge on any atom is 0.246 e. The van der Waals surface area contributed by atoms with Gasteiger partial charge in [0, 0.05) is 17.3 Å². The summed E-state index contributed by atoms with van der Waals surface area (Å²) < 4.78 is 0. The van der Waals surface area contributed by atoms with Crippen LogP contribution in [0.25, 0.3) is 0 Å². The number of nitrogens with zero attached hydrogens (tertiary/aromatic N) is 1. The number of hydrogen-bond donors (Lipinski definition) is 2. The van der Waals surface area contributed by atoms with Crippen molar-refractivity contribution in [1.82, 2.24) is 10.6 Å². The van der Waals surface area contributed by atoms with E-state index in [1.165, 1.54) is 0 Å². The van der Waals surface area contributed by atoms with Gasteiger partial charge in [0.2, 0.25) is 11.8 Å². The van der Waals surface area contributed by atoms with E-state index in [-0.39, 0.29) is 24.9 Å². The second-order valence-corrected chi connectivity index (χ2v) is 5.19. The largest absolute Gasteiger partial charge is 0.353 e. The van der Waals surface area contributed by atoms with Crippen molar-refractivity contribution in [3.63, 3.8) is 0 Å². The number of anilines is 1. The summed E-state index contributed by atoms with van der Waals surface area (Å²) in [6.07, 6.45) is 1.07. The van der Waals surface area contributed by atoms with Gasteiger partial charge in [-0.15, -0.1) is 0 Å². The molecule has 1 heterocycles. The molecule has 0 bridgehead atoms. The third-order valence-electron chi connectivity index (χ3n) is 3.09. The predicted molar refractivity (Wildman–Crippen MR) is 78.8 cm³/mol. The fourth-order valence-electron chi connectivity index (χ4n) is 2.10. The quantitative estimate of drug-likeness (QED) is 0.635. The first-order valence-corrected chi connectivity index (χ1v) is 7.04. The standard InChI is InChI=1S/C14H18ClN3O2/c1-2-5-16-7-10-3-4-11(6-12(10)15)18-8-13(19)17-14(20)9-18/h3-4,6,16H,2,5,7-9H2,1H3,(H,17,19,20). The minimum absolute atomic E-state index is 0.176. The van der Waals surface area contributed by atoms with Gasteiger partial charge in [0.05, 0.1) is 13.1 Å². The van der Waals surface area contributed by atoms with E-state index in [0.29, 0.717) is 11.6 Å². The van der Waals surface area contributed by atoms with Crippen LogP contribution in [0.5, 0.6) is 0 Å². The Morgan fingerprint density at radius 1 is 1.30 bits per heavy atom. The number of carbonyl (C=O) groups excluding carboxylic acids is 2. The molecule has 1 saturated heterocycles. The molecule has 0 atom stereocenters. The number of piperazine rings is 1. The molecular weight excluding hydrogens is 278 g/mol. The molecule has 0 unspecified atom stereocenters. The van der Waals surface area contributed by atoms with Crippen LogP contribution in [-0.2, 0) is 16.1 Å². The van der Waals surface area contributed by atoms with E-state index in [1.807, 2.05) is 12.1 Å². The Labute approximate surface area is 123 Å². The number of benzene rings is 1. The van der Waals surface area contributed by atoms with Crippen LogP contribution in [0.1, 0.15) is 18.9 Å². The number of nitrogens with one attached hydrogen (secondary N) is 2. The number of imide groups is 1. The summed E-state index contributed by atoms with van der Waals surface area (Å²) in [5.41, 5.74) is 1.80. The minimum atomic E-state index is -0.286. The lowest BCUT2D eigenvalue weighted by Crippen LogP contribution is -2.51. The topological polar surface area (TPSA) is 61.4 Å². The first-order chi connectivity index (χ1) is 9.60. The van der Waals surface area contributed by atoms with Gasteiger partial charge in [-0.3, -0.25) is 14.9 Å². The lowest BCUT2D eigenvalue weighted by Gasteiger charge is -2.27. The van der Waals surface area contributed by atoms with Crippen molar-refractivity contribution in [2.24, 2.45) is 0 Å². The molecule has 5 nitrogen and oxygen atoms in total. The molecular formula is C14H18ClN3O2. The van der Waals surface area contributed by atoms with Crippen molar-refractivity contribution in [1.29, 1.82) is 0 Å². The average molecular weight is 296 g/mol. The predicted octanol–water partition coefficient (Wildman–Crippen LogP) is 1.30. The molecule has 1 aliphatic heterocycles. The number of rotatable bonds is 5. The summed E-state index contributed by atoms with van der Waals surface area (Å²) >= 11 is 6.25. The molecule has 1 aliphatic rings. The molecule has 1 aromatic rings. The van der Waals surface area contributed by atoms with Crippen LogP contribution in [0.3, 0.4) is 0 Å². The van der Waals surface area contributed by atoms with Gasteiger partial charge in [0.25, 0.3) is 0 Å². The highest BCUT2D eigenvalue weighted by molar-refractivity contribution is 6.31. The van der Waals surface area contributed by atoms with Gasteiger partial charge >= 0.3 is 0 Å². The summed E-state index contributed by atoms with van der Waals surface area (Å²) in [6.45, 7) is 4.12. The van der Waals surface area contributed by atoms with Crippen LogP contribution in [-0.4, -0.2) is 31.4 Å². The molecule has 0 radical (unpaired) electrons. The Morgan fingerprint density at radius 3 is 2.60 bits per heavy atom. The number of hydrogen-bond acceptors (Lipinski definition) is 4. The third kappa shape index (κ3) is 3.71. The monoisotopic (exact) mass is 295 g/mol. The summed E-state index contributed by atoms with van der Waals surface area (Å²) in [6, 6.07) is 5.62. The van der Waals surface area contributed by atoms with Crippen LogP contribution >= 0.6 is 11.6 Å². The Bertz CT molecular complexity index is 503. The maximum absolute atomic E-state index is 11.4. The van der Waals surface area contributed by atoms with Gasteiger partial charge in [-0.05, 0) is 30.7 Å². The molecule has 20 heavy (non-hydrogen) atoms. The molecule has 2 amide bonds. The molecule has 1 aromatic carbocycles. The van der Waals surface area contributed by atoms with Crippen LogP contribution in [0.2, 0.25) is 5.02 Å². The normalized spacial score (nSPS) is 15.4. The van der Waals surface area contributed by atoms with Crippen LogP contribution < -0.4 is 15.5 Å². The summed E-state index contributed by atoms with van der Waals surface area (Å²) in [5, 5.41) is 6.21. The zero-order valence-corrected chi connectivity index (χ0v) is 12.2. The van der Waals surface area contributed by atoms with E-state index in [9.17, 15) is 9.59 Å². The van der Waals surface area contributed by atoms with Gasteiger partial charge in [-0.2, -0.15) is 0 Å². The number of halogens is 1. The van der Waals surface area contributed by atoms with Crippen molar-refractivity contribution in [2.75, 3.05) is 24.5 Å². The molecule has 1 fully saturated rings. The lowest BCUT2D eigenvalue weighted by molar-refractivity contribution is -0.130. The summed E-state index contributed by atoms with van der Waals surface area (Å²) in [7, 11) is 0. The van der Waals surface area contributed by atoms with Crippen LogP contribution in [0, 0.1) is 0 Å². The highest BCUT2D eigenvalue weighted by Crippen LogP contribution is 2.24. The maximum atomic E-state index is 11.4. The van der Waals surface area contributed by atoms with Gasteiger partial charge in [0.15, 0.2) is 0 Å². The Kier molecular flexibility index (Phi) is 4.98. The molecule has 2 N–H and O–H groups in total. The van der Waals surface area contributed by atoms with Gasteiger partial charge in [0.1, 0.15) is 0 Å². The van der Waals surface area contributed by atoms with Crippen LogP contribution in [0.4, 0.5) is 5.69 Å². The zero-order valence-electron chi connectivity index (χ0n) is 11.4. The van der Waals surface area contributed by atoms with Crippen molar-refractivity contribution in [3.8, 4) is 0 Å². The van der Waals surface area contributed by atoms with Gasteiger partial charge in [-0.25, -0.2) is 0 Å². The average Bonchev–Trinajstić information content (AvgIpc) is 2.39. The highest BCUT2D eigenvalue weighted by Gasteiger charge is 2.22. The van der Waals surface area contributed by atoms with Crippen molar-refractivity contribution < 1.29 is 9.59 Å². The Balaban J connectivity index is 2.08. The number of carbonyl (C=O) groups is 2. The summed E-state index contributed by atoms with van der Waals surface area (Å²) in [4.78, 5) is 24.5. The van der Waals surface area contributed by atoms with Crippen molar-refractivity contribution >= 4 is 29.1 Å². The zero-order chi connectivity index (χ0) is 14.5. The van der Waals surface area contributed by atoms with E-state index in [2.05, 4.69) is 17.6 Å². The second kappa shape index (κ2) is 6.72. The van der Waals surface area contributed by atoms with Crippen molar-refractivity contribution in [3.05, 3.63) is 28.8 Å². The second-order valence-electron chi connectivity index (χ2n) is 4.78. The number of amides is 2. The van der Waals surface area contributed by atoms with Gasteiger partial charge in [-0.1, -0.05) is 24.6 Å². The van der Waals surface area contributed by atoms with E-state index in [4.69, 9.17) is 11.6 Å². The third-order valence-corrected chi connectivity index (χ3v) is 3.44. The molecule has 6 heteroatoms. The van der Waals surface area contributed by atoms with E-state index in [1.54, 1.807) is 11.0 Å². The molecule has 0 aliphatic carbocycles. The smallest absolute Gasteiger partial charge is 0.246 e. The van der Waals surface area contributed by atoms with Crippen LogP contribution in [0.15, 0.2) is 18.2 Å². The molecule has 108 valence electrons. The molecule has 2 rings (SSSR count). The first kappa shape index (κ1) is 14.8. The molecule has 0 saturated carbocycles. The van der Waals surface area contributed by atoms with E-state index in [0.717, 1.165) is 24.2 Å².